The number of rotatable bonds is 4. The molecule has 0 spiro atoms. The van der Waals surface area contributed by atoms with Crippen LogP contribution >= 0.6 is 12.2 Å². The van der Waals surface area contributed by atoms with Gasteiger partial charge in [-0.05, 0) is 38.1 Å². The van der Waals surface area contributed by atoms with E-state index in [1.54, 1.807) is 44.2 Å². The number of para-hydroxylation sites is 1. The van der Waals surface area contributed by atoms with E-state index in [1.165, 1.54) is 17.0 Å². The van der Waals surface area contributed by atoms with Crippen LogP contribution in [0.2, 0.25) is 0 Å². The van der Waals surface area contributed by atoms with Crippen LogP contribution in [0.1, 0.15) is 13.8 Å². The molecule has 1 amide bonds. The van der Waals surface area contributed by atoms with Crippen molar-refractivity contribution < 1.29 is 13.9 Å². The monoisotopic (exact) mass is 332 g/mol. The van der Waals surface area contributed by atoms with Crippen LogP contribution in [0.15, 0.2) is 48.5 Å². The molecule has 0 fully saturated rings. The second-order valence-electron chi connectivity index (χ2n) is 4.77. The second kappa shape index (κ2) is 7.69. The number of benzene rings is 2. The van der Waals surface area contributed by atoms with Crippen LogP contribution in [-0.4, -0.2) is 17.6 Å². The molecule has 0 saturated carbocycles. The van der Waals surface area contributed by atoms with Crippen LogP contribution in [-0.2, 0) is 0 Å². The molecular formula is C17H17FN2O2S. The normalized spacial score (nSPS) is 10.0. The van der Waals surface area contributed by atoms with Crippen molar-refractivity contribution in [2.24, 2.45) is 0 Å². The highest BCUT2D eigenvalue weighted by Gasteiger charge is 2.19. The maximum atomic E-state index is 13.9. The Balaban J connectivity index is 2.17. The van der Waals surface area contributed by atoms with Gasteiger partial charge >= 0.3 is 6.09 Å². The van der Waals surface area contributed by atoms with Gasteiger partial charge in [0.05, 0.1) is 10.7 Å². The largest absolute Gasteiger partial charge is 0.419 e. The fraction of sp³-hybridized carbons (Fsp3) is 0.176. The first-order valence-corrected chi connectivity index (χ1v) is 7.53. The van der Waals surface area contributed by atoms with Gasteiger partial charge in [0.25, 0.3) is 0 Å². The van der Waals surface area contributed by atoms with E-state index in [0.29, 0.717) is 10.7 Å². The molecule has 23 heavy (non-hydrogen) atoms. The summed E-state index contributed by atoms with van der Waals surface area (Å²) in [4.78, 5) is 14.2. The summed E-state index contributed by atoms with van der Waals surface area (Å²) in [6.07, 6.45) is -0.645. The number of amides is 1. The maximum absolute atomic E-state index is 13.9. The van der Waals surface area contributed by atoms with Crippen molar-refractivity contribution in [2.45, 2.75) is 13.8 Å². The third-order valence-electron chi connectivity index (χ3n) is 3.04. The van der Waals surface area contributed by atoms with E-state index in [4.69, 9.17) is 17.0 Å². The number of ether oxygens (including phenoxy) is 1. The van der Waals surface area contributed by atoms with Crippen molar-refractivity contribution >= 4 is 34.7 Å². The third-order valence-corrected chi connectivity index (χ3v) is 3.14. The first kappa shape index (κ1) is 16.9. The van der Waals surface area contributed by atoms with Gasteiger partial charge in [0.1, 0.15) is 11.6 Å². The predicted molar refractivity (Wildman–Crippen MR) is 93.8 cm³/mol. The Bertz CT molecular complexity index is 721. The minimum Gasteiger partial charge on any atom is -0.410 e. The Morgan fingerprint density at radius 2 is 2.00 bits per heavy atom. The van der Waals surface area contributed by atoms with Crippen LogP contribution in [0, 0.1) is 5.82 Å². The van der Waals surface area contributed by atoms with E-state index in [0.717, 1.165) is 5.69 Å². The number of hydrogen-bond acceptors (Lipinski definition) is 3. The number of carbonyl (C=O) groups excluding carboxylic acids is 1. The van der Waals surface area contributed by atoms with Gasteiger partial charge in [-0.3, -0.25) is 4.90 Å². The molecule has 2 aromatic carbocycles. The molecule has 0 saturated heterocycles. The van der Waals surface area contributed by atoms with Gasteiger partial charge < -0.3 is 10.1 Å². The predicted octanol–water partition coefficient (Wildman–Crippen LogP) is 4.61. The van der Waals surface area contributed by atoms with Gasteiger partial charge in [-0.15, -0.1) is 0 Å². The van der Waals surface area contributed by atoms with Crippen molar-refractivity contribution in [1.29, 1.82) is 0 Å². The number of nitrogens with one attached hydrogen (secondary N) is 1. The van der Waals surface area contributed by atoms with Crippen molar-refractivity contribution in [1.82, 2.24) is 0 Å². The number of nitrogens with zero attached hydrogens (tertiary/aromatic N) is 1. The molecule has 0 bridgehead atoms. The molecule has 0 aliphatic carbocycles. The van der Waals surface area contributed by atoms with Crippen LogP contribution < -0.4 is 15.0 Å². The molecule has 6 heteroatoms. The summed E-state index contributed by atoms with van der Waals surface area (Å²) in [5.41, 5.74) is 0.903. The molecular weight excluding hydrogens is 315 g/mol. The van der Waals surface area contributed by atoms with Gasteiger partial charge in [-0.25, -0.2) is 9.18 Å². The lowest BCUT2D eigenvalue weighted by molar-refractivity contribution is 0.207. The van der Waals surface area contributed by atoms with E-state index >= 15 is 0 Å². The SMILES string of the molecule is CCN(C(=O)Oc1cccc(NC(C)=S)c1)c1ccccc1F. The maximum Gasteiger partial charge on any atom is 0.419 e. The molecule has 0 heterocycles. The summed E-state index contributed by atoms with van der Waals surface area (Å²) < 4.78 is 19.2. The Morgan fingerprint density at radius 1 is 1.26 bits per heavy atom. The zero-order valence-corrected chi connectivity index (χ0v) is 13.7. The fourth-order valence-corrected chi connectivity index (χ4v) is 2.18. The zero-order chi connectivity index (χ0) is 16.8. The van der Waals surface area contributed by atoms with Crippen LogP contribution in [0.25, 0.3) is 0 Å². The summed E-state index contributed by atoms with van der Waals surface area (Å²) >= 11 is 4.98. The molecule has 4 nitrogen and oxygen atoms in total. The lowest BCUT2D eigenvalue weighted by atomic mass is 10.3. The molecule has 0 radical (unpaired) electrons. The van der Waals surface area contributed by atoms with E-state index in [-0.39, 0.29) is 12.2 Å². The molecule has 0 aliphatic rings. The first-order valence-electron chi connectivity index (χ1n) is 7.12. The van der Waals surface area contributed by atoms with Gasteiger partial charge in [-0.2, -0.15) is 0 Å². The quantitative estimate of drug-likeness (QED) is 0.830. The third kappa shape index (κ3) is 4.50. The van der Waals surface area contributed by atoms with E-state index < -0.39 is 11.9 Å². The Labute approximate surface area is 139 Å². The van der Waals surface area contributed by atoms with E-state index in [2.05, 4.69) is 5.32 Å². The number of carbonyl (C=O) groups is 1. The number of anilines is 2. The Morgan fingerprint density at radius 3 is 2.65 bits per heavy atom. The lowest BCUT2D eigenvalue weighted by Gasteiger charge is -2.21. The molecule has 2 rings (SSSR count). The Hall–Kier alpha value is -2.47. The van der Waals surface area contributed by atoms with Crippen LogP contribution in [0.3, 0.4) is 0 Å². The summed E-state index contributed by atoms with van der Waals surface area (Å²) in [7, 11) is 0. The topological polar surface area (TPSA) is 41.6 Å². The molecule has 0 aliphatic heterocycles. The van der Waals surface area contributed by atoms with Crippen LogP contribution in [0.4, 0.5) is 20.6 Å². The summed E-state index contributed by atoms with van der Waals surface area (Å²) in [5.74, 6) is -0.121. The standard InChI is InChI=1S/C17H17FN2O2S/c1-3-20(16-10-5-4-9-15(16)18)17(21)22-14-8-6-7-13(11-14)19-12(2)23/h4-11H,3H2,1-2H3,(H,19,23). The molecule has 2 aromatic rings. The van der Waals surface area contributed by atoms with E-state index in [1.807, 2.05) is 6.07 Å². The highest BCUT2D eigenvalue weighted by Crippen LogP contribution is 2.22. The lowest BCUT2D eigenvalue weighted by Crippen LogP contribution is -2.34. The number of halogens is 1. The molecule has 0 aromatic heterocycles. The molecule has 0 atom stereocenters. The highest BCUT2D eigenvalue weighted by atomic mass is 32.1. The summed E-state index contributed by atoms with van der Waals surface area (Å²) in [6.45, 7) is 3.79. The molecule has 120 valence electrons. The number of thiocarbonyl (C=S) groups is 1. The van der Waals surface area contributed by atoms with Crippen molar-refractivity contribution in [3.63, 3.8) is 0 Å². The zero-order valence-electron chi connectivity index (χ0n) is 12.9. The fourth-order valence-electron chi connectivity index (χ4n) is 2.06. The number of hydrogen-bond donors (Lipinski definition) is 1. The minimum atomic E-state index is -0.645. The minimum absolute atomic E-state index is 0.184. The Kier molecular flexibility index (Phi) is 5.65. The van der Waals surface area contributed by atoms with Crippen molar-refractivity contribution in [3.8, 4) is 5.75 Å². The van der Waals surface area contributed by atoms with Crippen molar-refractivity contribution in [2.75, 3.05) is 16.8 Å². The van der Waals surface area contributed by atoms with E-state index in [9.17, 15) is 9.18 Å². The van der Waals surface area contributed by atoms with Gasteiger partial charge in [0.2, 0.25) is 0 Å². The molecule has 0 unspecified atom stereocenters. The first-order chi connectivity index (χ1) is 11.0. The summed E-state index contributed by atoms with van der Waals surface area (Å²) in [6, 6.07) is 12.9. The average molecular weight is 332 g/mol. The van der Waals surface area contributed by atoms with Gasteiger partial charge in [0, 0.05) is 18.3 Å². The second-order valence-corrected chi connectivity index (χ2v) is 5.39. The van der Waals surface area contributed by atoms with Crippen LogP contribution in [0.5, 0.6) is 5.75 Å². The smallest absolute Gasteiger partial charge is 0.410 e. The van der Waals surface area contributed by atoms with Gasteiger partial charge in [0.15, 0.2) is 0 Å². The molecule has 1 N–H and O–H groups in total. The van der Waals surface area contributed by atoms with Crippen molar-refractivity contribution in [3.05, 3.63) is 54.3 Å². The average Bonchev–Trinajstić information content (AvgIpc) is 2.49. The summed E-state index contributed by atoms with van der Waals surface area (Å²) in [5, 5.41) is 2.97. The van der Waals surface area contributed by atoms with Gasteiger partial charge in [-0.1, -0.05) is 30.4 Å². The highest BCUT2D eigenvalue weighted by molar-refractivity contribution is 7.80.